The lowest BCUT2D eigenvalue weighted by molar-refractivity contribution is -0.116. The molecule has 0 radical (unpaired) electrons. The van der Waals surface area contributed by atoms with Crippen LogP contribution >= 0.6 is 11.8 Å². The second-order valence-corrected chi connectivity index (χ2v) is 9.35. The molecule has 2 aromatic rings. The number of hydrogen-bond acceptors (Lipinski definition) is 4. The van der Waals surface area contributed by atoms with Crippen LogP contribution in [0, 0.1) is 0 Å². The van der Waals surface area contributed by atoms with Crippen LogP contribution in [0.4, 0.5) is 5.69 Å². The summed E-state index contributed by atoms with van der Waals surface area (Å²) in [5.41, 5.74) is 1.95. The number of rotatable bonds is 6. The van der Waals surface area contributed by atoms with Gasteiger partial charge >= 0.3 is 0 Å². The standard InChI is InChI=1S/C19H21NO3S2/c21-19(14-24-13-16-7-3-1-4-8-16)20(17-9-5-2-6-10-17)18-11-12-25(22,23)15-18/h1-10,18H,11-15H2. The van der Waals surface area contributed by atoms with Gasteiger partial charge in [0.1, 0.15) is 0 Å². The second kappa shape index (κ2) is 8.06. The van der Waals surface area contributed by atoms with Crippen LogP contribution in [0.15, 0.2) is 60.7 Å². The van der Waals surface area contributed by atoms with Gasteiger partial charge in [-0.3, -0.25) is 4.79 Å². The fourth-order valence-corrected chi connectivity index (χ4v) is 5.57. The van der Waals surface area contributed by atoms with Crippen molar-refractivity contribution in [2.75, 3.05) is 22.2 Å². The molecule has 4 nitrogen and oxygen atoms in total. The molecule has 0 saturated carbocycles. The highest BCUT2D eigenvalue weighted by Crippen LogP contribution is 2.25. The van der Waals surface area contributed by atoms with Crippen LogP contribution < -0.4 is 4.90 Å². The van der Waals surface area contributed by atoms with Crippen LogP contribution in [-0.4, -0.2) is 37.6 Å². The first-order valence-electron chi connectivity index (χ1n) is 8.24. The minimum Gasteiger partial charge on any atom is -0.308 e. The predicted molar refractivity (Wildman–Crippen MR) is 104 cm³/mol. The average Bonchev–Trinajstić information content (AvgIpc) is 2.96. The molecule has 0 aliphatic carbocycles. The molecule has 1 aliphatic heterocycles. The largest absolute Gasteiger partial charge is 0.308 e. The van der Waals surface area contributed by atoms with Crippen LogP contribution in [0.2, 0.25) is 0 Å². The summed E-state index contributed by atoms with van der Waals surface area (Å²) in [6.07, 6.45) is 0.506. The summed E-state index contributed by atoms with van der Waals surface area (Å²) in [7, 11) is -3.05. The van der Waals surface area contributed by atoms with E-state index in [0.29, 0.717) is 12.2 Å². The molecule has 0 aromatic heterocycles. The Bertz CT molecular complexity index is 807. The number of anilines is 1. The van der Waals surface area contributed by atoms with Crippen molar-refractivity contribution in [1.29, 1.82) is 0 Å². The monoisotopic (exact) mass is 375 g/mol. The summed E-state index contributed by atoms with van der Waals surface area (Å²) < 4.78 is 23.7. The predicted octanol–water partition coefficient (Wildman–Crippen LogP) is 3.14. The second-order valence-electron chi connectivity index (χ2n) is 6.13. The Balaban J connectivity index is 1.69. The number of carbonyl (C=O) groups excluding carboxylic acids is 1. The summed E-state index contributed by atoms with van der Waals surface area (Å²) in [6, 6.07) is 19.1. The third-order valence-corrected chi connectivity index (χ3v) is 6.95. The third-order valence-electron chi connectivity index (χ3n) is 4.21. The van der Waals surface area contributed by atoms with Crippen molar-refractivity contribution in [2.45, 2.75) is 18.2 Å². The summed E-state index contributed by atoms with van der Waals surface area (Å²) >= 11 is 1.56. The number of amides is 1. The first-order valence-corrected chi connectivity index (χ1v) is 11.2. The highest BCUT2D eigenvalue weighted by molar-refractivity contribution is 7.99. The molecular formula is C19H21NO3S2. The highest BCUT2D eigenvalue weighted by atomic mass is 32.2. The van der Waals surface area contributed by atoms with Crippen LogP contribution in [0.5, 0.6) is 0 Å². The van der Waals surface area contributed by atoms with Crippen molar-refractivity contribution in [2.24, 2.45) is 0 Å². The Morgan fingerprint density at radius 3 is 2.28 bits per heavy atom. The Morgan fingerprint density at radius 2 is 1.68 bits per heavy atom. The SMILES string of the molecule is O=C(CSCc1ccccc1)N(c1ccccc1)C1CCS(=O)(=O)C1. The van der Waals surface area contributed by atoms with E-state index in [1.807, 2.05) is 60.7 Å². The van der Waals surface area contributed by atoms with Crippen molar-refractivity contribution in [1.82, 2.24) is 0 Å². The van der Waals surface area contributed by atoms with E-state index in [0.717, 1.165) is 11.4 Å². The minimum atomic E-state index is -3.05. The molecule has 2 aromatic carbocycles. The van der Waals surface area contributed by atoms with Gasteiger partial charge in [0.15, 0.2) is 9.84 Å². The van der Waals surface area contributed by atoms with E-state index in [9.17, 15) is 13.2 Å². The number of benzene rings is 2. The van der Waals surface area contributed by atoms with Crippen LogP contribution in [0.1, 0.15) is 12.0 Å². The van der Waals surface area contributed by atoms with Gasteiger partial charge in [0.2, 0.25) is 5.91 Å². The number of sulfone groups is 1. The van der Waals surface area contributed by atoms with Gasteiger partial charge in [-0.15, -0.1) is 11.8 Å². The maximum atomic E-state index is 12.8. The molecule has 1 heterocycles. The van der Waals surface area contributed by atoms with Crippen molar-refractivity contribution in [3.63, 3.8) is 0 Å². The van der Waals surface area contributed by atoms with Gasteiger partial charge in [0.25, 0.3) is 0 Å². The van der Waals surface area contributed by atoms with Crippen LogP contribution in [0.3, 0.4) is 0 Å². The summed E-state index contributed by atoms with van der Waals surface area (Å²) in [5.74, 6) is 1.27. The first-order chi connectivity index (χ1) is 12.1. The molecule has 0 bridgehead atoms. The van der Waals surface area contributed by atoms with Crippen molar-refractivity contribution < 1.29 is 13.2 Å². The molecule has 1 amide bonds. The zero-order valence-corrected chi connectivity index (χ0v) is 15.5. The van der Waals surface area contributed by atoms with Gasteiger partial charge in [-0.05, 0) is 24.1 Å². The zero-order valence-electron chi connectivity index (χ0n) is 13.9. The normalized spacial score (nSPS) is 18.8. The number of hydrogen-bond donors (Lipinski definition) is 0. The van der Waals surface area contributed by atoms with Gasteiger partial charge < -0.3 is 4.90 Å². The molecule has 1 saturated heterocycles. The summed E-state index contributed by atoms with van der Waals surface area (Å²) in [5, 5.41) is 0. The summed E-state index contributed by atoms with van der Waals surface area (Å²) in [6.45, 7) is 0. The Kier molecular flexibility index (Phi) is 5.81. The molecular weight excluding hydrogens is 354 g/mol. The van der Waals surface area contributed by atoms with E-state index in [1.165, 1.54) is 5.56 Å². The molecule has 1 unspecified atom stereocenters. The number of nitrogens with zero attached hydrogens (tertiary/aromatic N) is 1. The lowest BCUT2D eigenvalue weighted by atomic mass is 10.2. The van der Waals surface area contributed by atoms with E-state index in [4.69, 9.17) is 0 Å². The smallest absolute Gasteiger partial charge is 0.237 e. The molecule has 6 heteroatoms. The Labute approximate surface area is 153 Å². The van der Waals surface area contributed by atoms with E-state index >= 15 is 0 Å². The fourth-order valence-electron chi connectivity index (χ4n) is 3.03. The maximum absolute atomic E-state index is 12.8. The molecule has 3 rings (SSSR count). The molecule has 25 heavy (non-hydrogen) atoms. The topological polar surface area (TPSA) is 54.5 Å². The Hall–Kier alpha value is -1.79. The number of para-hydroxylation sites is 1. The van der Waals surface area contributed by atoms with Gasteiger partial charge in [-0.25, -0.2) is 8.42 Å². The van der Waals surface area contributed by atoms with E-state index in [2.05, 4.69) is 0 Å². The number of carbonyl (C=O) groups is 1. The van der Waals surface area contributed by atoms with E-state index in [-0.39, 0.29) is 23.5 Å². The molecule has 0 spiro atoms. The van der Waals surface area contributed by atoms with Gasteiger partial charge in [0, 0.05) is 11.4 Å². The van der Waals surface area contributed by atoms with Gasteiger partial charge in [-0.1, -0.05) is 48.5 Å². The first kappa shape index (κ1) is 18.0. The average molecular weight is 376 g/mol. The van der Waals surface area contributed by atoms with Crippen LogP contribution in [-0.2, 0) is 20.4 Å². The van der Waals surface area contributed by atoms with Crippen molar-refractivity contribution in [3.05, 3.63) is 66.2 Å². The lowest BCUT2D eigenvalue weighted by Gasteiger charge is -2.28. The van der Waals surface area contributed by atoms with Crippen LogP contribution in [0.25, 0.3) is 0 Å². The van der Waals surface area contributed by atoms with Crippen molar-refractivity contribution >= 4 is 33.2 Å². The van der Waals surface area contributed by atoms with E-state index < -0.39 is 9.84 Å². The minimum absolute atomic E-state index is 0.0331. The quantitative estimate of drug-likeness (QED) is 0.778. The Morgan fingerprint density at radius 1 is 1.04 bits per heavy atom. The molecule has 1 aliphatic rings. The highest BCUT2D eigenvalue weighted by Gasteiger charge is 2.35. The maximum Gasteiger partial charge on any atom is 0.237 e. The molecule has 1 atom stereocenters. The molecule has 0 N–H and O–H groups in total. The third kappa shape index (κ3) is 4.86. The molecule has 132 valence electrons. The summed E-state index contributed by atoms with van der Waals surface area (Å²) in [4.78, 5) is 14.5. The fraction of sp³-hybridized carbons (Fsp3) is 0.316. The van der Waals surface area contributed by atoms with Crippen molar-refractivity contribution in [3.8, 4) is 0 Å². The van der Waals surface area contributed by atoms with E-state index in [1.54, 1.807) is 16.7 Å². The lowest BCUT2D eigenvalue weighted by Crippen LogP contribution is -2.42. The van der Waals surface area contributed by atoms with Gasteiger partial charge in [0.05, 0.1) is 23.3 Å². The number of thioether (sulfide) groups is 1. The zero-order chi connectivity index (χ0) is 17.7. The molecule has 1 fully saturated rings. The van der Waals surface area contributed by atoms with Gasteiger partial charge in [-0.2, -0.15) is 0 Å².